The van der Waals surface area contributed by atoms with Crippen LogP contribution < -0.4 is 24.4 Å². The molecule has 1 saturated heterocycles. The number of rotatable bonds is 9. The van der Waals surface area contributed by atoms with Crippen LogP contribution in [0.15, 0.2) is 54.6 Å². The van der Waals surface area contributed by atoms with Crippen LogP contribution in [0.25, 0.3) is 11.3 Å². The molecular weight excluding hydrogens is 522 g/mol. The van der Waals surface area contributed by atoms with Crippen molar-refractivity contribution >= 4 is 28.6 Å². The van der Waals surface area contributed by atoms with Crippen molar-refractivity contribution in [3.8, 4) is 17.2 Å². The van der Waals surface area contributed by atoms with E-state index in [-0.39, 0.29) is 5.91 Å². The van der Waals surface area contributed by atoms with Gasteiger partial charge in [0.2, 0.25) is 0 Å². The number of carbonyl (C=O) groups excluding carboxylic acids is 1. The van der Waals surface area contributed by atoms with Gasteiger partial charge in [0.05, 0.1) is 33.0 Å². The van der Waals surface area contributed by atoms with E-state index in [2.05, 4.69) is 15.1 Å². The Morgan fingerprint density at radius 3 is 2.59 bits per heavy atom. The summed E-state index contributed by atoms with van der Waals surface area (Å²) in [5.41, 5.74) is 6.09. The van der Waals surface area contributed by atoms with Gasteiger partial charge in [0.15, 0.2) is 0 Å². The van der Waals surface area contributed by atoms with Crippen molar-refractivity contribution < 1.29 is 28.5 Å². The van der Waals surface area contributed by atoms with Crippen LogP contribution in [0.3, 0.4) is 0 Å². The van der Waals surface area contributed by atoms with Crippen LogP contribution in [0.2, 0.25) is 0 Å². The summed E-state index contributed by atoms with van der Waals surface area (Å²) in [5.74, 6) is 2.76. The van der Waals surface area contributed by atoms with Crippen molar-refractivity contribution in [3.63, 3.8) is 0 Å². The van der Waals surface area contributed by atoms with Gasteiger partial charge >= 0.3 is 0 Å². The van der Waals surface area contributed by atoms with E-state index in [0.29, 0.717) is 31.1 Å². The van der Waals surface area contributed by atoms with E-state index >= 15 is 0 Å². The number of hydrogen-bond acceptors (Lipinski definition) is 8. The molecule has 3 aromatic carbocycles. The van der Waals surface area contributed by atoms with E-state index in [4.69, 9.17) is 23.7 Å². The molecule has 0 unspecified atom stereocenters. The summed E-state index contributed by atoms with van der Waals surface area (Å²) >= 11 is 0. The second-order valence-corrected chi connectivity index (χ2v) is 10.3. The number of anilines is 2. The average Bonchev–Trinajstić information content (AvgIpc) is 3.56. The Bertz CT molecular complexity index is 1480. The van der Waals surface area contributed by atoms with Crippen LogP contribution in [0.5, 0.6) is 17.2 Å². The molecule has 9 heteroatoms. The summed E-state index contributed by atoms with van der Waals surface area (Å²) in [5, 5.41) is 3.00. The van der Waals surface area contributed by atoms with Gasteiger partial charge in [-0.25, -0.2) is 0 Å². The minimum atomic E-state index is -0.162. The summed E-state index contributed by atoms with van der Waals surface area (Å²) in [4.78, 5) is 17.6. The molecule has 1 fully saturated rings. The molecule has 0 spiro atoms. The highest BCUT2D eigenvalue weighted by molar-refractivity contribution is 6.36. The predicted molar refractivity (Wildman–Crippen MR) is 158 cm³/mol. The Balaban J connectivity index is 1.21. The molecule has 214 valence electrons. The zero-order valence-electron chi connectivity index (χ0n) is 23.7. The first-order valence-electron chi connectivity index (χ1n) is 13.8. The molecule has 6 rings (SSSR count). The third-order valence-electron chi connectivity index (χ3n) is 7.79. The normalized spacial score (nSPS) is 17.9. The van der Waals surface area contributed by atoms with E-state index in [1.807, 2.05) is 61.6 Å². The van der Waals surface area contributed by atoms with Crippen LogP contribution in [-0.2, 0) is 27.4 Å². The second kappa shape index (κ2) is 11.7. The Morgan fingerprint density at radius 1 is 0.951 bits per heavy atom. The SMILES string of the molecule is COc1ccc(CN(C)c2ccc3c(c2)C(=C2OCc4cc(OCCN5CCOCC5)ccc42)C(=O)N3)c(OC)c1. The molecule has 0 saturated carbocycles. The smallest absolute Gasteiger partial charge is 0.260 e. The Hall–Kier alpha value is -4.21. The summed E-state index contributed by atoms with van der Waals surface area (Å²) in [7, 11) is 5.31. The summed E-state index contributed by atoms with van der Waals surface area (Å²) in [6.45, 7) is 5.93. The average molecular weight is 558 g/mol. The second-order valence-electron chi connectivity index (χ2n) is 10.3. The number of nitrogens with one attached hydrogen (secondary N) is 1. The lowest BCUT2D eigenvalue weighted by atomic mass is 9.99. The first-order chi connectivity index (χ1) is 20.0. The van der Waals surface area contributed by atoms with Gasteiger partial charge in [-0.15, -0.1) is 0 Å². The van der Waals surface area contributed by atoms with E-state index < -0.39 is 0 Å². The zero-order valence-corrected chi connectivity index (χ0v) is 23.7. The Labute approximate surface area is 240 Å². The number of ether oxygens (including phenoxy) is 5. The first kappa shape index (κ1) is 27.0. The molecule has 0 aliphatic carbocycles. The van der Waals surface area contributed by atoms with E-state index in [0.717, 1.165) is 83.7 Å². The fourth-order valence-electron chi connectivity index (χ4n) is 5.50. The van der Waals surface area contributed by atoms with Crippen molar-refractivity contribution in [3.05, 3.63) is 76.9 Å². The van der Waals surface area contributed by atoms with Gasteiger partial charge < -0.3 is 33.9 Å². The van der Waals surface area contributed by atoms with Crippen molar-refractivity contribution in [2.75, 3.05) is 70.9 Å². The maximum Gasteiger partial charge on any atom is 0.260 e. The van der Waals surface area contributed by atoms with Crippen LogP contribution in [0.4, 0.5) is 11.4 Å². The number of benzene rings is 3. The molecule has 1 N–H and O–H groups in total. The lowest BCUT2D eigenvalue weighted by Gasteiger charge is -2.26. The highest BCUT2D eigenvalue weighted by Gasteiger charge is 2.33. The van der Waals surface area contributed by atoms with Gasteiger partial charge in [-0.05, 0) is 48.5 Å². The fraction of sp³-hybridized carbons (Fsp3) is 0.344. The van der Waals surface area contributed by atoms with Crippen molar-refractivity contribution in [1.82, 2.24) is 4.90 Å². The molecule has 0 radical (unpaired) electrons. The summed E-state index contributed by atoms with van der Waals surface area (Å²) in [6, 6.07) is 17.8. The quantitative estimate of drug-likeness (QED) is 0.388. The molecule has 0 atom stereocenters. The number of fused-ring (bicyclic) bond motifs is 2. The van der Waals surface area contributed by atoms with Gasteiger partial charge in [-0.1, -0.05) is 0 Å². The van der Waals surface area contributed by atoms with Crippen LogP contribution >= 0.6 is 0 Å². The third-order valence-corrected chi connectivity index (χ3v) is 7.79. The fourth-order valence-corrected chi connectivity index (χ4v) is 5.50. The third kappa shape index (κ3) is 5.55. The molecular formula is C32H35N3O6. The summed E-state index contributed by atoms with van der Waals surface area (Å²) < 4.78 is 28.5. The minimum Gasteiger partial charge on any atom is -0.497 e. The number of morpholine rings is 1. The van der Waals surface area contributed by atoms with Gasteiger partial charge in [0, 0.05) is 72.9 Å². The van der Waals surface area contributed by atoms with Crippen LogP contribution in [0, 0.1) is 0 Å². The largest absolute Gasteiger partial charge is 0.497 e. The molecule has 0 bridgehead atoms. The Kier molecular flexibility index (Phi) is 7.71. The molecule has 3 aromatic rings. The van der Waals surface area contributed by atoms with Crippen molar-refractivity contribution in [1.29, 1.82) is 0 Å². The minimum absolute atomic E-state index is 0.162. The maximum absolute atomic E-state index is 13.2. The lowest BCUT2D eigenvalue weighted by Crippen LogP contribution is -2.38. The number of amides is 1. The predicted octanol–water partition coefficient (Wildman–Crippen LogP) is 4.40. The van der Waals surface area contributed by atoms with Gasteiger partial charge in [-0.2, -0.15) is 0 Å². The summed E-state index contributed by atoms with van der Waals surface area (Å²) in [6.07, 6.45) is 0. The first-order valence-corrected chi connectivity index (χ1v) is 13.8. The molecule has 41 heavy (non-hydrogen) atoms. The van der Waals surface area contributed by atoms with E-state index in [1.165, 1.54) is 0 Å². The van der Waals surface area contributed by atoms with Gasteiger partial charge in [0.1, 0.15) is 36.2 Å². The van der Waals surface area contributed by atoms with Gasteiger partial charge in [0.25, 0.3) is 5.91 Å². The van der Waals surface area contributed by atoms with E-state index in [1.54, 1.807) is 14.2 Å². The standard InChI is InChI=1S/C32H35N3O6/c1-34(19-21-4-6-24(37-2)18-29(21)38-3)23-5-9-28-27(17-23)30(32(36)33-28)31-26-8-7-25(16-22(26)20-41-31)40-15-12-35-10-13-39-14-11-35/h4-9,16-18H,10-15,19-20H2,1-3H3,(H,33,36). The lowest BCUT2D eigenvalue weighted by molar-refractivity contribution is -0.110. The number of methoxy groups -OCH3 is 2. The topological polar surface area (TPSA) is 81.7 Å². The maximum atomic E-state index is 13.2. The van der Waals surface area contributed by atoms with Gasteiger partial charge in [-0.3, -0.25) is 9.69 Å². The molecule has 0 aromatic heterocycles. The molecule has 3 heterocycles. The van der Waals surface area contributed by atoms with Crippen molar-refractivity contribution in [2.45, 2.75) is 13.2 Å². The highest BCUT2D eigenvalue weighted by Crippen LogP contribution is 2.43. The monoisotopic (exact) mass is 557 g/mol. The molecule has 3 aliphatic rings. The molecule has 1 amide bonds. The number of nitrogens with zero attached hydrogens (tertiary/aromatic N) is 2. The molecule has 3 aliphatic heterocycles. The Morgan fingerprint density at radius 2 is 1.78 bits per heavy atom. The highest BCUT2D eigenvalue weighted by atomic mass is 16.5. The van der Waals surface area contributed by atoms with Crippen LogP contribution in [-0.4, -0.2) is 71.5 Å². The van der Waals surface area contributed by atoms with E-state index in [9.17, 15) is 4.79 Å². The molecule has 9 nitrogen and oxygen atoms in total. The zero-order chi connectivity index (χ0) is 28.3. The number of hydrogen-bond donors (Lipinski definition) is 1. The number of carbonyl (C=O) groups is 1. The van der Waals surface area contributed by atoms with Crippen LogP contribution in [0.1, 0.15) is 22.3 Å². The van der Waals surface area contributed by atoms with Crippen molar-refractivity contribution in [2.24, 2.45) is 0 Å².